The molecule has 0 bridgehead atoms. The van der Waals surface area contributed by atoms with Crippen LogP contribution >= 0.6 is 11.6 Å². The Bertz CT molecular complexity index is 1190. The molecule has 0 radical (unpaired) electrons. The Morgan fingerprint density at radius 1 is 1.23 bits per heavy atom. The highest BCUT2D eigenvalue weighted by molar-refractivity contribution is 6.32. The van der Waals surface area contributed by atoms with Crippen molar-refractivity contribution < 1.29 is 27.1 Å². The van der Waals surface area contributed by atoms with Crippen molar-refractivity contribution in [2.45, 2.75) is 13.1 Å². The maximum absolute atomic E-state index is 14.7. The van der Waals surface area contributed by atoms with Crippen LogP contribution in [-0.4, -0.2) is 19.5 Å². The number of allylic oxidation sites excluding steroid dienone is 1. The van der Waals surface area contributed by atoms with Crippen LogP contribution in [0.1, 0.15) is 12.6 Å². The lowest BCUT2D eigenvalue weighted by atomic mass is 10.2. The van der Waals surface area contributed by atoms with Crippen molar-refractivity contribution in [3.63, 3.8) is 0 Å². The number of hydrogen-bond donors (Lipinski definition) is 1. The van der Waals surface area contributed by atoms with E-state index < -0.39 is 34.9 Å². The van der Waals surface area contributed by atoms with E-state index in [9.17, 15) is 22.4 Å². The van der Waals surface area contributed by atoms with E-state index in [0.717, 1.165) is 12.1 Å². The molecule has 0 saturated carbocycles. The zero-order valence-electron chi connectivity index (χ0n) is 15.6. The first-order chi connectivity index (χ1) is 14.6. The number of benzene rings is 1. The van der Waals surface area contributed by atoms with Gasteiger partial charge in [-0.15, -0.1) is 0 Å². The summed E-state index contributed by atoms with van der Waals surface area (Å²) >= 11 is 5.98. The van der Waals surface area contributed by atoms with Gasteiger partial charge in [-0.1, -0.05) is 18.2 Å². The van der Waals surface area contributed by atoms with Crippen molar-refractivity contribution in [2.24, 2.45) is 0 Å². The Morgan fingerprint density at radius 3 is 2.52 bits per heavy atom. The third-order valence-corrected chi connectivity index (χ3v) is 3.78. The number of aromatic nitrogens is 4. The first kappa shape index (κ1) is 22.0. The molecule has 3 rings (SSSR count). The van der Waals surface area contributed by atoms with Gasteiger partial charge in [0, 0.05) is 30.2 Å². The van der Waals surface area contributed by atoms with Gasteiger partial charge in [0.15, 0.2) is 11.4 Å². The molecule has 8 nitrogen and oxygen atoms in total. The zero-order valence-corrected chi connectivity index (χ0v) is 16.3. The number of hydrogen-bond acceptors (Lipinski definition) is 7. The molecule has 162 valence electrons. The Balaban J connectivity index is 2.17. The highest BCUT2D eigenvalue weighted by Gasteiger charge is 2.35. The summed E-state index contributed by atoms with van der Waals surface area (Å²) in [6.07, 6.45) is -2.20. The minimum absolute atomic E-state index is 0.139. The molecule has 0 aliphatic carbocycles. The highest BCUT2D eigenvalue weighted by atomic mass is 35.5. The Labute approximate surface area is 176 Å². The van der Waals surface area contributed by atoms with Crippen LogP contribution in [0.2, 0.25) is 5.02 Å². The van der Waals surface area contributed by atoms with Gasteiger partial charge in [-0.25, -0.2) is 24.4 Å². The minimum Gasteiger partial charge on any atom is -0.423 e. The second kappa shape index (κ2) is 8.60. The molecule has 0 aliphatic rings. The van der Waals surface area contributed by atoms with Gasteiger partial charge < -0.3 is 9.57 Å². The second-order valence-corrected chi connectivity index (χ2v) is 6.35. The van der Waals surface area contributed by atoms with Gasteiger partial charge in [-0.05, 0) is 19.1 Å². The van der Waals surface area contributed by atoms with Gasteiger partial charge in [0.1, 0.15) is 5.82 Å². The molecule has 0 saturated heterocycles. The molecule has 1 N–H and O–H groups in total. The minimum atomic E-state index is -4.95. The van der Waals surface area contributed by atoms with E-state index in [-0.39, 0.29) is 28.5 Å². The fourth-order valence-corrected chi connectivity index (χ4v) is 2.42. The fourth-order valence-electron chi connectivity index (χ4n) is 2.23. The second-order valence-electron chi connectivity index (χ2n) is 5.95. The van der Waals surface area contributed by atoms with Crippen LogP contribution in [0.5, 0.6) is 17.8 Å². The van der Waals surface area contributed by atoms with Crippen molar-refractivity contribution in [1.29, 1.82) is 0 Å². The Morgan fingerprint density at radius 2 is 1.90 bits per heavy atom. The summed E-state index contributed by atoms with van der Waals surface area (Å²) in [5.41, 5.74) is -0.987. The van der Waals surface area contributed by atoms with Gasteiger partial charge in [0.2, 0.25) is 0 Å². The van der Waals surface area contributed by atoms with E-state index in [4.69, 9.17) is 21.2 Å². The van der Waals surface area contributed by atoms with E-state index in [1.54, 1.807) is 0 Å². The molecule has 1 aromatic carbocycles. The fraction of sp³-hybridized carbons (Fsp3) is 0.111. The maximum Gasteiger partial charge on any atom is 0.433 e. The molecule has 0 fully saturated rings. The predicted molar refractivity (Wildman–Crippen MR) is 100 cm³/mol. The third kappa shape index (κ3) is 5.09. The zero-order chi connectivity index (χ0) is 22.8. The SMILES string of the molecule is C=C(C)NOc1nc(C(F)(F)F)cc(=O)n1-c1cc(Oc2ncccn2)c(Cl)cc1F. The molecule has 13 heteroatoms. The van der Waals surface area contributed by atoms with E-state index in [0.29, 0.717) is 4.57 Å². The van der Waals surface area contributed by atoms with Crippen LogP contribution in [0.25, 0.3) is 5.69 Å². The third-order valence-electron chi connectivity index (χ3n) is 3.48. The standard InChI is InChI=1S/C18H12ClF4N5O3/c1-9(2)27-31-17-26-14(18(21,22)23)8-15(29)28(17)12-7-13(10(19)6-11(12)20)30-16-24-4-3-5-25-16/h3-8,27H,1H2,2H3. The van der Waals surface area contributed by atoms with E-state index in [2.05, 4.69) is 27.0 Å². The molecule has 0 aliphatic heterocycles. The lowest BCUT2D eigenvalue weighted by molar-refractivity contribution is -0.141. The van der Waals surface area contributed by atoms with Crippen molar-refractivity contribution >= 4 is 11.6 Å². The van der Waals surface area contributed by atoms with Crippen LogP contribution in [0.3, 0.4) is 0 Å². The van der Waals surface area contributed by atoms with Gasteiger partial charge in [-0.3, -0.25) is 4.79 Å². The summed E-state index contributed by atoms with van der Waals surface area (Å²) < 4.78 is 59.8. The smallest absolute Gasteiger partial charge is 0.423 e. The largest absolute Gasteiger partial charge is 0.433 e. The molecule has 0 amide bonds. The van der Waals surface area contributed by atoms with Gasteiger partial charge in [0.25, 0.3) is 5.56 Å². The number of hydroxylamine groups is 1. The molecular formula is C18H12ClF4N5O3. The van der Waals surface area contributed by atoms with Crippen LogP contribution < -0.4 is 20.6 Å². The van der Waals surface area contributed by atoms with Gasteiger partial charge in [0.05, 0.1) is 10.7 Å². The molecule has 2 aromatic heterocycles. The molecule has 0 spiro atoms. The highest BCUT2D eigenvalue weighted by Crippen LogP contribution is 2.33. The average molecular weight is 458 g/mol. The summed E-state index contributed by atoms with van der Waals surface area (Å²) in [5, 5.41) is -0.204. The quantitative estimate of drug-likeness (QED) is 0.441. The van der Waals surface area contributed by atoms with Crippen LogP contribution in [0.15, 0.2) is 53.7 Å². The first-order valence-electron chi connectivity index (χ1n) is 8.30. The number of halogens is 5. The van der Waals surface area contributed by atoms with Gasteiger partial charge >= 0.3 is 18.2 Å². The number of nitrogens with one attached hydrogen (secondary N) is 1. The van der Waals surface area contributed by atoms with Crippen LogP contribution in [0, 0.1) is 5.82 Å². The summed E-state index contributed by atoms with van der Waals surface area (Å²) in [5.74, 6) is -1.23. The monoisotopic (exact) mass is 457 g/mol. The lowest BCUT2D eigenvalue weighted by Gasteiger charge is -2.16. The van der Waals surface area contributed by atoms with Crippen molar-refractivity contribution in [3.05, 3.63) is 75.8 Å². The number of nitrogens with zero attached hydrogens (tertiary/aromatic N) is 4. The van der Waals surface area contributed by atoms with E-state index in [1.807, 2.05) is 0 Å². The average Bonchev–Trinajstić information content (AvgIpc) is 2.68. The summed E-state index contributed by atoms with van der Waals surface area (Å²) in [4.78, 5) is 28.4. The predicted octanol–water partition coefficient (Wildman–Crippen LogP) is 4.04. The summed E-state index contributed by atoms with van der Waals surface area (Å²) in [6.45, 7) is 4.89. The van der Waals surface area contributed by atoms with Crippen molar-refractivity contribution in [1.82, 2.24) is 25.0 Å². The van der Waals surface area contributed by atoms with E-state index >= 15 is 0 Å². The van der Waals surface area contributed by atoms with Crippen molar-refractivity contribution in [2.75, 3.05) is 0 Å². The van der Waals surface area contributed by atoms with Crippen LogP contribution in [0.4, 0.5) is 17.6 Å². The molecule has 0 unspecified atom stereocenters. The molecule has 3 aromatic rings. The molecule has 31 heavy (non-hydrogen) atoms. The summed E-state index contributed by atoms with van der Waals surface area (Å²) in [6, 6.07) is 2.46. The first-order valence-corrected chi connectivity index (χ1v) is 8.68. The number of ether oxygens (including phenoxy) is 1. The topological polar surface area (TPSA) is 91.2 Å². The molecular weight excluding hydrogens is 446 g/mol. The van der Waals surface area contributed by atoms with Gasteiger partial charge in [-0.2, -0.15) is 18.2 Å². The molecule has 2 heterocycles. The Kier molecular flexibility index (Phi) is 6.11. The maximum atomic E-state index is 14.7. The molecule has 0 atom stereocenters. The van der Waals surface area contributed by atoms with Crippen LogP contribution in [-0.2, 0) is 6.18 Å². The Hall–Kier alpha value is -3.67. The number of alkyl halides is 3. The normalized spacial score (nSPS) is 11.2. The number of rotatable bonds is 6. The lowest BCUT2D eigenvalue weighted by Crippen LogP contribution is -2.29. The van der Waals surface area contributed by atoms with E-state index in [1.165, 1.54) is 25.4 Å². The van der Waals surface area contributed by atoms with Crippen molar-refractivity contribution in [3.8, 4) is 23.5 Å². The summed E-state index contributed by atoms with van der Waals surface area (Å²) in [7, 11) is 0.